The van der Waals surface area contributed by atoms with Crippen molar-refractivity contribution in [3.8, 4) is 0 Å². The molecular weight excluding hydrogens is 331 g/mol. The fourth-order valence-electron chi connectivity index (χ4n) is 2.72. The van der Waals surface area contributed by atoms with Crippen LogP contribution in [0.5, 0.6) is 0 Å². The maximum Gasteiger partial charge on any atom is 0.136 e. The van der Waals surface area contributed by atoms with Crippen LogP contribution in [0, 0.1) is 0 Å². The second kappa shape index (κ2) is 12.5. The van der Waals surface area contributed by atoms with E-state index in [1.807, 2.05) is 36.4 Å². The number of benzene rings is 2. The van der Waals surface area contributed by atoms with Gasteiger partial charge in [-0.15, -0.1) is 0 Å². The average molecular weight is 360 g/mol. The molecule has 0 fully saturated rings. The fraction of sp³-hybridized carbons (Fsp3) is 0.429. The van der Waals surface area contributed by atoms with Gasteiger partial charge in [0.05, 0.1) is 26.4 Å². The second-order valence-electron chi connectivity index (χ2n) is 6.21. The van der Waals surface area contributed by atoms with Crippen molar-refractivity contribution >= 4 is 0 Å². The predicted octanol–water partition coefficient (Wildman–Crippen LogP) is 3.02. The molecule has 0 unspecified atom stereocenters. The van der Waals surface area contributed by atoms with E-state index in [1.165, 1.54) is 11.1 Å². The summed E-state index contributed by atoms with van der Waals surface area (Å²) in [4.78, 5) is 2.11. The molecule has 26 heavy (non-hydrogen) atoms. The summed E-state index contributed by atoms with van der Waals surface area (Å²) in [6.45, 7) is 3.63. The van der Waals surface area contributed by atoms with Gasteiger partial charge in [-0.2, -0.15) is 0 Å². The molecule has 2 aromatic rings. The van der Waals surface area contributed by atoms with Crippen LogP contribution in [0.3, 0.4) is 0 Å². The minimum atomic E-state index is -1.04. The molecule has 142 valence electrons. The quantitative estimate of drug-likeness (QED) is 0.558. The summed E-state index contributed by atoms with van der Waals surface area (Å²) in [6, 6.07) is 20.3. The Morgan fingerprint density at radius 2 is 1.35 bits per heavy atom. The van der Waals surface area contributed by atoms with Gasteiger partial charge in [0, 0.05) is 26.2 Å². The van der Waals surface area contributed by atoms with E-state index in [2.05, 4.69) is 29.2 Å². The lowest BCUT2D eigenvalue weighted by atomic mass is 10.1. The van der Waals surface area contributed by atoms with Crippen molar-refractivity contribution in [1.82, 2.24) is 4.90 Å². The van der Waals surface area contributed by atoms with Crippen molar-refractivity contribution < 1.29 is 13.9 Å². The Hall–Kier alpha value is -1.79. The highest BCUT2D eigenvalue weighted by Crippen LogP contribution is 2.12. The Balaban J connectivity index is 1.82. The number of hydrogen-bond donors (Lipinski definition) is 1. The van der Waals surface area contributed by atoms with Crippen LogP contribution in [0.2, 0.25) is 0 Å². The summed E-state index contributed by atoms with van der Waals surface area (Å²) in [5, 5.41) is 0. The summed E-state index contributed by atoms with van der Waals surface area (Å²) in [5.41, 5.74) is 7.69. The number of nitrogens with two attached hydrogens (primary N) is 1. The molecule has 0 spiro atoms. The zero-order chi connectivity index (χ0) is 18.5. The van der Waals surface area contributed by atoms with Gasteiger partial charge >= 0.3 is 0 Å². The van der Waals surface area contributed by atoms with Crippen molar-refractivity contribution in [3.05, 3.63) is 71.8 Å². The Morgan fingerprint density at radius 3 is 1.88 bits per heavy atom. The maximum absolute atomic E-state index is 14.4. The SMILES string of the molecule is NCCOCCOC[C@@H](F)CN(Cc1ccccc1)Cc1ccccc1. The van der Waals surface area contributed by atoms with Crippen molar-refractivity contribution in [2.24, 2.45) is 5.73 Å². The molecule has 0 aliphatic carbocycles. The zero-order valence-corrected chi connectivity index (χ0v) is 15.2. The van der Waals surface area contributed by atoms with E-state index in [-0.39, 0.29) is 6.61 Å². The first-order valence-electron chi connectivity index (χ1n) is 9.07. The summed E-state index contributed by atoms with van der Waals surface area (Å²) >= 11 is 0. The number of ether oxygens (including phenoxy) is 2. The van der Waals surface area contributed by atoms with Gasteiger partial charge in [0.1, 0.15) is 6.17 Å². The highest BCUT2D eigenvalue weighted by Gasteiger charge is 2.15. The van der Waals surface area contributed by atoms with E-state index < -0.39 is 6.17 Å². The molecule has 2 rings (SSSR count). The van der Waals surface area contributed by atoms with Crippen LogP contribution in [0.25, 0.3) is 0 Å². The largest absolute Gasteiger partial charge is 0.378 e. The number of hydrogen-bond acceptors (Lipinski definition) is 4. The van der Waals surface area contributed by atoms with Gasteiger partial charge in [0.15, 0.2) is 0 Å². The van der Waals surface area contributed by atoms with E-state index in [9.17, 15) is 4.39 Å². The minimum Gasteiger partial charge on any atom is -0.378 e. The number of halogens is 1. The number of alkyl halides is 1. The van der Waals surface area contributed by atoms with E-state index in [0.717, 1.165) is 0 Å². The molecule has 1 atom stereocenters. The van der Waals surface area contributed by atoms with Crippen molar-refractivity contribution in [1.29, 1.82) is 0 Å². The average Bonchev–Trinajstić information content (AvgIpc) is 2.66. The first-order chi connectivity index (χ1) is 12.8. The zero-order valence-electron chi connectivity index (χ0n) is 15.2. The normalized spacial score (nSPS) is 12.4. The highest BCUT2D eigenvalue weighted by atomic mass is 19.1. The molecule has 0 bridgehead atoms. The van der Waals surface area contributed by atoms with Crippen LogP contribution in [0.1, 0.15) is 11.1 Å². The van der Waals surface area contributed by atoms with E-state index in [4.69, 9.17) is 15.2 Å². The molecule has 0 saturated carbocycles. The van der Waals surface area contributed by atoms with Crippen molar-refractivity contribution in [2.75, 3.05) is 39.5 Å². The molecule has 0 aliphatic rings. The Labute approximate surface area is 155 Å². The molecule has 5 heteroatoms. The Bertz CT molecular complexity index is 542. The van der Waals surface area contributed by atoms with E-state index in [0.29, 0.717) is 46.0 Å². The van der Waals surface area contributed by atoms with Crippen LogP contribution in [-0.4, -0.2) is 50.6 Å². The second-order valence-corrected chi connectivity index (χ2v) is 6.21. The molecule has 0 radical (unpaired) electrons. The van der Waals surface area contributed by atoms with Gasteiger partial charge < -0.3 is 15.2 Å². The first-order valence-corrected chi connectivity index (χ1v) is 9.07. The maximum atomic E-state index is 14.4. The molecule has 0 saturated heterocycles. The Morgan fingerprint density at radius 1 is 0.808 bits per heavy atom. The lowest BCUT2D eigenvalue weighted by Gasteiger charge is -2.24. The van der Waals surface area contributed by atoms with Gasteiger partial charge in [0.2, 0.25) is 0 Å². The third-order valence-corrected chi connectivity index (χ3v) is 3.89. The van der Waals surface area contributed by atoms with Gasteiger partial charge in [-0.3, -0.25) is 4.90 Å². The molecule has 2 N–H and O–H groups in total. The lowest BCUT2D eigenvalue weighted by molar-refractivity contribution is 0.0189. The van der Waals surface area contributed by atoms with Crippen LogP contribution in [0.15, 0.2) is 60.7 Å². The Kier molecular flexibility index (Phi) is 9.90. The summed E-state index contributed by atoms with van der Waals surface area (Å²) in [5.74, 6) is 0. The molecular formula is C21H29FN2O2. The summed E-state index contributed by atoms with van der Waals surface area (Å²) in [7, 11) is 0. The molecule has 2 aromatic carbocycles. The molecule has 0 aliphatic heterocycles. The van der Waals surface area contributed by atoms with Crippen molar-refractivity contribution in [2.45, 2.75) is 19.3 Å². The lowest BCUT2D eigenvalue weighted by Crippen LogP contribution is -2.32. The minimum absolute atomic E-state index is 0.0755. The summed E-state index contributed by atoms with van der Waals surface area (Å²) in [6.07, 6.45) is -1.04. The smallest absolute Gasteiger partial charge is 0.136 e. The van der Waals surface area contributed by atoms with Gasteiger partial charge in [0.25, 0.3) is 0 Å². The molecule has 4 nitrogen and oxygen atoms in total. The standard InChI is InChI=1S/C21H29FN2O2/c22-21(18-26-14-13-25-12-11-23)17-24(15-19-7-3-1-4-8-19)16-20-9-5-2-6-10-20/h1-10,21H,11-18,23H2/t21-/m0/s1. The van der Waals surface area contributed by atoms with Crippen LogP contribution >= 0.6 is 0 Å². The van der Waals surface area contributed by atoms with E-state index >= 15 is 0 Å². The molecule has 0 aromatic heterocycles. The van der Waals surface area contributed by atoms with Gasteiger partial charge in [-0.05, 0) is 11.1 Å². The highest BCUT2D eigenvalue weighted by molar-refractivity contribution is 5.17. The molecule has 0 heterocycles. The molecule has 0 amide bonds. The van der Waals surface area contributed by atoms with E-state index in [1.54, 1.807) is 0 Å². The predicted molar refractivity (Wildman–Crippen MR) is 103 cm³/mol. The fourth-order valence-corrected chi connectivity index (χ4v) is 2.72. The number of rotatable bonds is 13. The van der Waals surface area contributed by atoms with Crippen LogP contribution in [0.4, 0.5) is 4.39 Å². The van der Waals surface area contributed by atoms with Crippen molar-refractivity contribution in [3.63, 3.8) is 0 Å². The van der Waals surface area contributed by atoms with Crippen LogP contribution < -0.4 is 5.73 Å². The van der Waals surface area contributed by atoms with Gasteiger partial charge in [-0.1, -0.05) is 60.7 Å². The monoisotopic (exact) mass is 360 g/mol. The number of nitrogens with zero attached hydrogens (tertiary/aromatic N) is 1. The van der Waals surface area contributed by atoms with Gasteiger partial charge in [-0.25, -0.2) is 4.39 Å². The third-order valence-electron chi connectivity index (χ3n) is 3.89. The van der Waals surface area contributed by atoms with Crippen LogP contribution in [-0.2, 0) is 22.6 Å². The third kappa shape index (κ3) is 8.54. The first kappa shape index (κ1) is 20.5. The summed E-state index contributed by atoms with van der Waals surface area (Å²) < 4.78 is 25.0. The topological polar surface area (TPSA) is 47.7 Å².